The SMILES string of the molecule is Cc1cc(CNN2CCCCC2)c(C)n1-c1ccccc1. The van der Waals surface area contributed by atoms with Crippen LogP contribution in [0.5, 0.6) is 0 Å². The van der Waals surface area contributed by atoms with Gasteiger partial charge in [0.05, 0.1) is 0 Å². The Morgan fingerprint density at radius 1 is 1.00 bits per heavy atom. The average molecular weight is 283 g/mol. The Balaban J connectivity index is 1.75. The molecule has 1 fully saturated rings. The van der Waals surface area contributed by atoms with Gasteiger partial charge in [-0.05, 0) is 50.5 Å². The van der Waals surface area contributed by atoms with Crippen LogP contribution in [-0.4, -0.2) is 22.7 Å². The highest BCUT2D eigenvalue weighted by Crippen LogP contribution is 2.20. The third kappa shape index (κ3) is 3.20. The lowest BCUT2D eigenvalue weighted by molar-refractivity contribution is 0.151. The van der Waals surface area contributed by atoms with Crippen LogP contribution < -0.4 is 5.43 Å². The number of para-hydroxylation sites is 1. The molecule has 0 aliphatic carbocycles. The van der Waals surface area contributed by atoms with Crippen LogP contribution >= 0.6 is 0 Å². The molecule has 0 amide bonds. The molecule has 0 unspecified atom stereocenters. The van der Waals surface area contributed by atoms with Crippen molar-refractivity contribution in [3.05, 3.63) is 53.3 Å². The summed E-state index contributed by atoms with van der Waals surface area (Å²) >= 11 is 0. The van der Waals surface area contributed by atoms with E-state index in [9.17, 15) is 0 Å². The first-order valence-electron chi connectivity index (χ1n) is 7.97. The van der Waals surface area contributed by atoms with E-state index >= 15 is 0 Å². The van der Waals surface area contributed by atoms with E-state index < -0.39 is 0 Å². The summed E-state index contributed by atoms with van der Waals surface area (Å²) in [5.74, 6) is 0. The molecule has 1 aliphatic rings. The fraction of sp³-hybridized carbons (Fsp3) is 0.444. The van der Waals surface area contributed by atoms with E-state index in [-0.39, 0.29) is 0 Å². The summed E-state index contributed by atoms with van der Waals surface area (Å²) in [4.78, 5) is 0. The summed E-state index contributed by atoms with van der Waals surface area (Å²) in [5.41, 5.74) is 8.86. The van der Waals surface area contributed by atoms with Crippen LogP contribution in [0.4, 0.5) is 0 Å². The number of rotatable bonds is 4. The molecular formula is C18H25N3. The van der Waals surface area contributed by atoms with Gasteiger partial charge in [0.1, 0.15) is 0 Å². The second-order valence-electron chi connectivity index (χ2n) is 5.95. The topological polar surface area (TPSA) is 20.2 Å². The van der Waals surface area contributed by atoms with Gasteiger partial charge >= 0.3 is 0 Å². The second kappa shape index (κ2) is 6.46. The minimum absolute atomic E-state index is 0.923. The molecule has 3 nitrogen and oxygen atoms in total. The van der Waals surface area contributed by atoms with Crippen molar-refractivity contribution in [1.29, 1.82) is 0 Å². The number of benzene rings is 1. The smallest absolute Gasteiger partial charge is 0.0455 e. The second-order valence-corrected chi connectivity index (χ2v) is 5.95. The molecule has 1 aromatic carbocycles. The van der Waals surface area contributed by atoms with Crippen molar-refractivity contribution in [2.45, 2.75) is 39.7 Å². The fourth-order valence-electron chi connectivity index (χ4n) is 3.23. The van der Waals surface area contributed by atoms with Crippen LogP contribution in [-0.2, 0) is 6.54 Å². The summed E-state index contributed by atoms with van der Waals surface area (Å²) in [6.07, 6.45) is 4.01. The van der Waals surface area contributed by atoms with Gasteiger partial charge in [-0.15, -0.1) is 0 Å². The summed E-state index contributed by atoms with van der Waals surface area (Å²) in [6.45, 7) is 7.68. The Kier molecular flexibility index (Phi) is 4.42. The van der Waals surface area contributed by atoms with Crippen molar-refractivity contribution in [1.82, 2.24) is 15.0 Å². The minimum atomic E-state index is 0.923. The van der Waals surface area contributed by atoms with Crippen LogP contribution in [0, 0.1) is 13.8 Å². The number of aromatic nitrogens is 1. The first-order chi connectivity index (χ1) is 10.3. The maximum atomic E-state index is 3.59. The predicted octanol–water partition coefficient (Wildman–Crippen LogP) is 3.58. The minimum Gasteiger partial charge on any atom is -0.318 e. The van der Waals surface area contributed by atoms with Gasteiger partial charge in [-0.3, -0.25) is 5.43 Å². The van der Waals surface area contributed by atoms with Crippen LogP contribution in [0.1, 0.15) is 36.2 Å². The van der Waals surface area contributed by atoms with Crippen molar-refractivity contribution in [3.63, 3.8) is 0 Å². The molecule has 2 heterocycles. The quantitative estimate of drug-likeness (QED) is 0.925. The zero-order valence-electron chi connectivity index (χ0n) is 13.1. The van der Waals surface area contributed by atoms with E-state index in [1.54, 1.807) is 0 Å². The highest BCUT2D eigenvalue weighted by Gasteiger charge is 2.13. The van der Waals surface area contributed by atoms with Crippen LogP contribution in [0.2, 0.25) is 0 Å². The number of nitrogens with one attached hydrogen (secondary N) is 1. The monoisotopic (exact) mass is 283 g/mol. The number of piperidine rings is 1. The first kappa shape index (κ1) is 14.4. The van der Waals surface area contributed by atoms with Crippen molar-refractivity contribution in [2.24, 2.45) is 0 Å². The molecule has 3 heteroatoms. The molecule has 1 aromatic heterocycles. The Hall–Kier alpha value is -1.58. The maximum Gasteiger partial charge on any atom is 0.0455 e. The summed E-state index contributed by atoms with van der Waals surface area (Å²) in [6, 6.07) is 12.9. The van der Waals surface area contributed by atoms with Crippen molar-refractivity contribution in [2.75, 3.05) is 13.1 Å². The highest BCUT2D eigenvalue weighted by atomic mass is 15.5. The van der Waals surface area contributed by atoms with E-state index in [4.69, 9.17) is 0 Å². The summed E-state index contributed by atoms with van der Waals surface area (Å²) in [5, 5.41) is 2.37. The molecule has 1 saturated heterocycles. The maximum absolute atomic E-state index is 3.59. The lowest BCUT2D eigenvalue weighted by Gasteiger charge is -2.27. The molecule has 112 valence electrons. The Morgan fingerprint density at radius 2 is 1.71 bits per heavy atom. The van der Waals surface area contributed by atoms with Crippen LogP contribution in [0.15, 0.2) is 36.4 Å². The van der Waals surface area contributed by atoms with E-state index in [1.807, 2.05) is 0 Å². The molecule has 3 rings (SSSR count). The van der Waals surface area contributed by atoms with Crippen molar-refractivity contribution in [3.8, 4) is 5.69 Å². The average Bonchev–Trinajstić information content (AvgIpc) is 2.81. The zero-order chi connectivity index (χ0) is 14.7. The lowest BCUT2D eigenvalue weighted by Crippen LogP contribution is -2.41. The molecule has 0 radical (unpaired) electrons. The van der Waals surface area contributed by atoms with Crippen LogP contribution in [0.3, 0.4) is 0 Å². The molecule has 1 aliphatic heterocycles. The van der Waals surface area contributed by atoms with Gasteiger partial charge in [0.25, 0.3) is 0 Å². The Morgan fingerprint density at radius 3 is 2.43 bits per heavy atom. The molecule has 0 atom stereocenters. The van der Waals surface area contributed by atoms with Gasteiger partial charge < -0.3 is 4.57 Å². The van der Waals surface area contributed by atoms with Gasteiger partial charge in [-0.1, -0.05) is 24.6 Å². The van der Waals surface area contributed by atoms with E-state index in [0.717, 1.165) is 6.54 Å². The van der Waals surface area contributed by atoms with Gasteiger partial charge in [-0.25, -0.2) is 5.01 Å². The summed E-state index contributed by atoms with van der Waals surface area (Å²) < 4.78 is 2.34. The first-order valence-corrected chi connectivity index (χ1v) is 7.97. The van der Waals surface area contributed by atoms with E-state index in [1.165, 1.54) is 55.0 Å². The number of hydrazine groups is 1. The number of hydrogen-bond donors (Lipinski definition) is 1. The molecule has 0 bridgehead atoms. The van der Waals surface area contributed by atoms with Gasteiger partial charge in [0, 0.05) is 36.7 Å². The third-order valence-corrected chi connectivity index (χ3v) is 4.40. The van der Waals surface area contributed by atoms with Crippen LogP contribution in [0.25, 0.3) is 5.69 Å². The highest BCUT2D eigenvalue weighted by molar-refractivity contribution is 5.40. The number of nitrogens with zero attached hydrogens (tertiary/aromatic N) is 2. The van der Waals surface area contributed by atoms with E-state index in [2.05, 4.69) is 65.2 Å². The Labute approximate surface area is 127 Å². The molecule has 21 heavy (non-hydrogen) atoms. The Bertz CT molecular complexity index is 580. The molecule has 0 spiro atoms. The number of hydrogen-bond acceptors (Lipinski definition) is 2. The lowest BCUT2D eigenvalue weighted by atomic mass is 10.2. The number of aryl methyl sites for hydroxylation is 1. The molecular weight excluding hydrogens is 258 g/mol. The standard InChI is InChI=1S/C18H25N3/c1-15-13-17(14-19-20-11-7-4-8-12-20)16(2)21(15)18-9-5-3-6-10-18/h3,5-6,9-10,13,19H,4,7-8,11-12,14H2,1-2H3. The fourth-order valence-corrected chi connectivity index (χ4v) is 3.23. The molecule has 2 aromatic rings. The largest absolute Gasteiger partial charge is 0.318 e. The van der Waals surface area contributed by atoms with Gasteiger partial charge in [-0.2, -0.15) is 0 Å². The molecule has 1 N–H and O–H groups in total. The van der Waals surface area contributed by atoms with Gasteiger partial charge in [0.15, 0.2) is 0 Å². The third-order valence-electron chi connectivity index (χ3n) is 4.40. The van der Waals surface area contributed by atoms with Crippen molar-refractivity contribution < 1.29 is 0 Å². The molecule has 0 saturated carbocycles. The van der Waals surface area contributed by atoms with E-state index in [0.29, 0.717) is 0 Å². The zero-order valence-corrected chi connectivity index (χ0v) is 13.1. The predicted molar refractivity (Wildman–Crippen MR) is 87.5 cm³/mol. The van der Waals surface area contributed by atoms with Crippen molar-refractivity contribution >= 4 is 0 Å². The van der Waals surface area contributed by atoms with Gasteiger partial charge in [0.2, 0.25) is 0 Å². The normalized spacial score (nSPS) is 16.3. The summed E-state index contributed by atoms with van der Waals surface area (Å²) in [7, 11) is 0.